The van der Waals surface area contributed by atoms with Gasteiger partial charge in [0.05, 0.1) is 5.02 Å². The molecule has 20 heavy (non-hydrogen) atoms. The Morgan fingerprint density at radius 3 is 2.55 bits per heavy atom. The van der Waals surface area contributed by atoms with Gasteiger partial charge in [-0.3, -0.25) is 4.90 Å². The summed E-state index contributed by atoms with van der Waals surface area (Å²) in [5.74, 6) is 0.746. The van der Waals surface area contributed by atoms with Crippen LogP contribution in [0, 0.1) is 5.92 Å². The van der Waals surface area contributed by atoms with Crippen molar-refractivity contribution >= 4 is 27.5 Å². The number of nitrogens with one attached hydrogen (secondary N) is 1. The molecule has 1 aliphatic rings. The maximum atomic E-state index is 6.13. The van der Waals surface area contributed by atoms with E-state index >= 15 is 0 Å². The van der Waals surface area contributed by atoms with Crippen molar-refractivity contribution in [1.29, 1.82) is 0 Å². The zero-order valence-electron chi connectivity index (χ0n) is 12.3. The van der Waals surface area contributed by atoms with Crippen molar-refractivity contribution in [3.8, 4) is 0 Å². The number of nitrogens with zero attached hydrogens (tertiary/aromatic N) is 1. The van der Waals surface area contributed by atoms with Crippen LogP contribution in [0.25, 0.3) is 0 Å². The van der Waals surface area contributed by atoms with Crippen LogP contribution in [0.5, 0.6) is 0 Å². The molecule has 4 heteroatoms. The molecule has 0 radical (unpaired) electrons. The molecule has 2 rings (SSSR count). The predicted octanol–water partition coefficient (Wildman–Crippen LogP) is 4.49. The smallest absolute Gasteiger partial charge is 0.0548 e. The second-order valence-electron chi connectivity index (χ2n) is 5.95. The van der Waals surface area contributed by atoms with E-state index in [1.807, 2.05) is 6.07 Å². The monoisotopic (exact) mass is 358 g/mol. The molecule has 112 valence electrons. The van der Waals surface area contributed by atoms with Crippen molar-refractivity contribution in [2.45, 2.75) is 32.7 Å². The Labute approximate surface area is 136 Å². The number of hydrogen-bond acceptors (Lipinski definition) is 2. The summed E-state index contributed by atoms with van der Waals surface area (Å²) in [6, 6.07) is 6.88. The molecule has 2 nitrogen and oxygen atoms in total. The quantitative estimate of drug-likeness (QED) is 0.833. The van der Waals surface area contributed by atoms with Gasteiger partial charge >= 0.3 is 0 Å². The first kappa shape index (κ1) is 16.3. The van der Waals surface area contributed by atoms with E-state index in [1.165, 1.54) is 18.4 Å². The summed E-state index contributed by atoms with van der Waals surface area (Å²) < 4.78 is 1.00. The second-order valence-corrected chi connectivity index (χ2v) is 7.21. The standard InChI is InChI=1S/C16H24BrClN2/c1-12(2)3-6-16(20-9-7-19-8-10-20)13-4-5-15(18)14(17)11-13/h4-5,11-12,16,19H,3,6-10H2,1-2H3/t16-/m0/s1. The first-order valence-corrected chi connectivity index (χ1v) is 8.64. The fourth-order valence-corrected chi connectivity index (χ4v) is 3.28. The van der Waals surface area contributed by atoms with E-state index in [0.717, 1.165) is 41.6 Å². The number of piperazine rings is 1. The lowest BCUT2D eigenvalue weighted by Gasteiger charge is -2.35. The van der Waals surface area contributed by atoms with E-state index in [-0.39, 0.29) is 0 Å². The van der Waals surface area contributed by atoms with Crippen molar-refractivity contribution in [1.82, 2.24) is 10.2 Å². The van der Waals surface area contributed by atoms with Gasteiger partial charge in [0, 0.05) is 36.7 Å². The Balaban J connectivity index is 2.17. The van der Waals surface area contributed by atoms with Crippen LogP contribution in [0.3, 0.4) is 0 Å². The van der Waals surface area contributed by atoms with E-state index in [9.17, 15) is 0 Å². The molecule has 0 amide bonds. The summed E-state index contributed by atoms with van der Waals surface area (Å²) in [5.41, 5.74) is 1.38. The molecule has 0 spiro atoms. The lowest BCUT2D eigenvalue weighted by Crippen LogP contribution is -2.45. The van der Waals surface area contributed by atoms with Gasteiger partial charge in [-0.05, 0) is 52.4 Å². The Kier molecular flexibility index (Phi) is 6.34. The lowest BCUT2D eigenvalue weighted by atomic mass is 9.96. The normalized spacial score (nSPS) is 18.4. The minimum Gasteiger partial charge on any atom is -0.314 e. The maximum absolute atomic E-state index is 6.13. The Morgan fingerprint density at radius 2 is 1.95 bits per heavy atom. The molecule has 0 saturated carbocycles. The van der Waals surface area contributed by atoms with Gasteiger partial charge in [0.25, 0.3) is 0 Å². The molecule has 1 heterocycles. The topological polar surface area (TPSA) is 15.3 Å². The highest BCUT2D eigenvalue weighted by molar-refractivity contribution is 9.10. The molecule has 0 bridgehead atoms. The third kappa shape index (κ3) is 4.45. The molecule has 1 aromatic carbocycles. The highest BCUT2D eigenvalue weighted by Crippen LogP contribution is 2.32. The minimum absolute atomic E-state index is 0.507. The van der Waals surface area contributed by atoms with Crippen molar-refractivity contribution in [2.24, 2.45) is 5.92 Å². The maximum Gasteiger partial charge on any atom is 0.0548 e. The molecule has 1 N–H and O–H groups in total. The average molecular weight is 360 g/mol. The van der Waals surface area contributed by atoms with E-state index < -0.39 is 0 Å². The van der Waals surface area contributed by atoms with Crippen LogP contribution in [0.4, 0.5) is 0 Å². The highest BCUT2D eigenvalue weighted by atomic mass is 79.9. The number of halogens is 2. The molecule has 0 unspecified atom stereocenters. The van der Waals surface area contributed by atoms with Crippen molar-refractivity contribution in [3.05, 3.63) is 33.3 Å². The van der Waals surface area contributed by atoms with Crippen LogP contribution in [-0.2, 0) is 0 Å². The fraction of sp³-hybridized carbons (Fsp3) is 0.625. The molecule has 1 aromatic rings. The van der Waals surface area contributed by atoms with Crippen LogP contribution >= 0.6 is 27.5 Å². The van der Waals surface area contributed by atoms with Crippen LogP contribution in [0.15, 0.2) is 22.7 Å². The van der Waals surface area contributed by atoms with Crippen LogP contribution in [0.2, 0.25) is 5.02 Å². The first-order chi connectivity index (χ1) is 9.58. The Bertz CT molecular complexity index is 430. The Hall–Kier alpha value is -0.0900. The fourth-order valence-electron chi connectivity index (χ4n) is 2.76. The zero-order chi connectivity index (χ0) is 14.5. The molecule has 1 atom stereocenters. The van der Waals surface area contributed by atoms with Gasteiger partial charge in [0.2, 0.25) is 0 Å². The largest absolute Gasteiger partial charge is 0.314 e. The summed E-state index contributed by atoms with van der Waals surface area (Å²) in [4.78, 5) is 2.61. The minimum atomic E-state index is 0.507. The molecule has 0 aromatic heterocycles. The summed E-state index contributed by atoms with van der Waals surface area (Å²) >= 11 is 9.68. The molecule has 0 aliphatic carbocycles. The molecule has 1 saturated heterocycles. The third-order valence-electron chi connectivity index (χ3n) is 3.94. The summed E-state index contributed by atoms with van der Waals surface area (Å²) in [5, 5.41) is 4.22. The van der Waals surface area contributed by atoms with Crippen LogP contribution < -0.4 is 5.32 Å². The number of benzene rings is 1. The molecular weight excluding hydrogens is 336 g/mol. The van der Waals surface area contributed by atoms with E-state index in [4.69, 9.17) is 11.6 Å². The van der Waals surface area contributed by atoms with Gasteiger partial charge in [0.1, 0.15) is 0 Å². The van der Waals surface area contributed by atoms with Crippen molar-refractivity contribution < 1.29 is 0 Å². The predicted molar refractivity (Wildman–Crippen MR) is 90.4 cm³/mol. The molecule has 1 aliphatic heterocycles. The SMILES string of the molecule is CC(C)CC[C@@H](c1ccc(Cl)c(Br)c1)N1CCNCC1. The van der Waals surface area contributed by atoms with Gasteiger partial charge in [-0.1, -0.05) is 31.5 Å². The second kappa shape index (κ2) is 7.79. The molecule has 1 fully saturated rings. The summed E-state index contributed by atoms with van der Waals surface area (Å²) in [6.45, 7) is 9.03. The Morgan fingerprint density at radius 1 is 1.25 bits per heavy atom. The third-order valence-corrected chi connectivity index (χ3v) is 5.15. The van der Waals surface area contributed by atoms with E-state index in [0.29, 0.717) is 6.04 Å². The zero-order valence-corrected chi connectivity index (χ0v) is 14.7. The van der Waals surface area contributed by atoms with Crippen molar-refractivity contribution in [2.75, 3.05) is 26.2 Å². The van der Waals surface area contributed by atoms with Gasteiger partial charge in [0.15, 0.2) is 0 Å². The van der Waals surface area contributed by atoms with Gasteiger partial charge < -0.3 is 5.32 Å². The van der Waals surface area contributed by atoms with E-state index in [2.05, 4.69) is 52.1 Å². The average Bonchev–Trinajstić information content (AvgIpc) is 2.44. The van der Waals surface area contributed by atoms with Gasteiger partial charge in [-0.15, -0.1) is 0 Å². The number of hydrogen-bond donors (Lipinski definition) is 1. The first-order valence-electron chi connectivity index (χ1n) is 7.47. The highest BCUT2D eigenvalue weighted by Gasteiger charge is 2.22. The van der Waals surface area contributed by atoms with E-state index in [1.54, 1.807) is 0 Å². The van der Waals surface area contributed by atoms with Crippen molar-refractivity contribution in [3.63, 3.8) is 0 Å². The van der Waals surface area contributed by atoms with Crippen LogP contribution in [-0.4, -0.2) is 31.1 Å². The van der Waals surface area contributed by atoms with Gasteiger partial charge in [-0.2, -0.15) is 0 Å². The number of rotatable bonds is 5. The summed E-state index contributed by atoms with van der Waals surface area (Å²) in [6.07, 6.45) is 2.47. The van der Waals surface area contributed by atoms with Crippen LogP contribution in [0.1, 0.15) is 38.3 Å². The molecular formula is C16H24BrClN2. The summed E-state index contributed by atoms with van der Waals surface area (Å²) in [7, 11) is 0. The lowest BCUT2D eigenvalue weighted by molar-refractivity contribution is 0.160. The van der Waals surface area contributed by atoms with Gasteiger partial charge in [-0.25, -0.2) is 0 Å².